The van der Waals surface area contributed by atoms with Crippen LogP contribution in [0.5, 0.6) is 0 Å². The summed E-state index contributed by atoms with van der Waals surface area (Å²) >= 11 is 0. The van der Waals surface area contributed by atoms with E-state index >= 15 is 0 Å². The predicted molar refractivity (Wildman–Crippen MR) is 65.1 cm³/mol. The van der Waals surface area contributed by atoms with Gasteiger partial charge < -0.3 is 5.11 Å². The first-order chi connectivity index (χ1) is 7.67. The van der Waals surface area contributed by atoms with Gasteiger partial charge in [-0.3, -0.25) is 14.8 Å². The van der Waals surface area contributed by atoms with Gasteiger partial charge in [-0.05, 0) is 30.5 Å². The number of carboxylic acid groups (broad SMARTS) is 1. The molecule has 88 valence electrons. The molecule has 1 rings (SSSR count). The number of allylic oxidation sites excluding steroid dienone is 1. The van der Waals surface area contributed by atoms with Crippen molar-refractivity contribution in [3.8, 4) is 0 Å². The van der Waals surface area contributed by atoms with Gasteiger partial charge in [0.2, 0.25) is 0 Å². The van der Waals surface area contributed by atoms with E-state index in [0.29, 0.717) is 5.92 Å². The molecule has 1 atom stereocenters. The zero-order valence-electron chi connectivity index (χ0n) is 9.59. The maximum atomic E-state index is 10.8. The largest absolute Gasteiger partial charge is 0.481 e. The summed E-state index contributed by atoms with van der Waals surface area (Å²) in [5.74, 6) is -0.0767. The smallest absolute Gasteiger partial charge is 0.303 e. The molecule has 0 saturated heterocycles. The molecule has 0 radical (unpaired) electrons. The molecule has 16 heavy (non-hydrogen) atoms. The minimum Gasteiger partial charge on any atom is -0.481 e. The lowest BCUT2D eigenvalue weighted by Crippen LogP contribution is -2.12. The Morgan fingerprint density at radius 2 is 2.31 bits per heavy atom. The van der Waals surface area contributed by atoms with E-state index in [-0.39, 0.29) is 12.3 Å². The zero-order valence-corrected chi connectivity index (χ0v) is 9.59. The van der Waals surface area contributed by atoms with Gasteiger partial charge in [-0.25, -0.2) is 0 Å². The molecule has 1 saturated carbocycles. The predicted octanol–water partition coefficient (Wildman–Crippen LogP) is 2.16. The first-order valence-corrected chi connectivity index (χ1v) is 5.47. The Hall–Kier alpha value is -1.45. The molecule has 4 nitrogen and oxygen atoms in total. The highest BCUT2D eigenvalue weighted by molar-refractivity contribution is 5.81. The lowest BCUT2D eigenvalue weighted by atomic mass is 9.91. The summed E-state index contributed by atoms with van der Waals surface area (Å²) in [4.78, 5) is 18.5. The SMILES string of the molecule is C=N/C=C(\C=NC)[C@@H](CC(=O)O)CC1CC1. The van der Waals surface area contributed by atoms with Crippen LogP contribution in [-0.4, -0.2) is 31.1 Å². The first-order valence-electron chi connectivity index (χ1n) is 5.47. The van der Waals surface area contributed by atoms with E-state index in [1.165, 1.54) is 12.8 Å². The third kappa shape index (κ3) is 4.38. The summed E-state index contributed by atoms with van der Waals surface area (Å²) in [5.41, 5.74) is 0.867. The van der Waals surface area contributed by atoms with E-state index in [4.69, 9.17) is 5.11 Å². The van der Waals surface area contributed by atoms with Gasteiger partial charge in [0.25, 0.3) is 0 Å². The molecule has 0 heterocycles. The molecule has 1 aliphatic rings. The van der Waals surface area contributed by atoms with Crippen molar-refractivity contribution in [3.05, 3.63) is 11.8 Å². The Balaban J connectivity index is 2.72. The minimum absolute atomic E-state index is 0.0131. The zero-order chi connectivity index (χ0) is 12.0. The average Bonchev–Trinajstić information content (AvgIpc) is 3.00. The van der Waals surface area contributed by atoms with E-state index in [2.05, 4.69) is 16.7 Å². The van der Waals surface area contributed by atoms with Crippen molar-refractivity contribution in [1.29, 1.82) is 0 Å². The van der Waals surface area contributed by atoms with Gasteiger partial charge in [-0.1, -0.05) is 12.8 Å². The Morgan fingerprint density at radius 3 is 2.75 bits per heavy atom. The molecule has 0 aromatic carbocycles. The van der Waals surface area contributed by atoms with Crippen LogP contribution in [-0.2, 0) is 4.79 Å². The highest BCUT2D eigenvalue weighted by atomic mass is 16.4. The van der Waals surface area contributed by atoms with Crippen LogP contribution in [0.2, 0.25) is 0 Å². The molecular formula is C12H18N2O2. The van der Waals surface area contributed by atoms with Crippen LogP contribution in [0, 0.1) is 11.8 Å². The van der Waals surface area contributed by atoms with Crippen molar-refractivity contribution in [3.63, 3.8) is 0 Å². The second-order valence-corrected chi connectivity index (χ2v) is 4.17. The molecule has 4 heteroatoms. The fourth-order valence-corrected chi connectivity index (χ4v) is 1.80. The van der Waals surface area contributed by atoms with E-state index in [0.717, 1.165) is 12.0 Å². The molecule has 1 aliphatic carbocycles. The molecular weight excluding hydrogens is 204 g/mol. The number of rotatable bonds is 7. The van der Waals surface area contributed by atoms with Gasteiger partial charge in [0.1, 0.15) is 0 Å². The average molecular weight is 222 g/mol. The highest BCUT2D eigenvalue weighted by Crippen LogP contribution is 2.38. The summed E-state index contributed by atoms with van der Waals surface area (Å²) in [7, 11) is 1.67. The summed E-state index contributed by atoms with van der Waals surface area (Å²) in [6, 6.07) is 0. The molecule has 0 aromatic rings. The van der Waals surface area contributed by atoms with Crippen LogP contribution in [0.15, 0.2) is 21.8 Å². The Morgan fingerprint density at radius 1 is 1.62 bits per heavy atom. The van der Waals surface area contributed by atoms with Gasteiger partial charge in [0, 0.05) is 19.5 Å². The molecule has 0 aliphatic heterocycles. The normalized spacial score (nSPS) is 18.7. The Bertz CT molecular complexity index is 317. The molecule has 1 fully saturated rings. The fraction of sp³-hybridized carbons (Fsp3) is 0.583. The standard InChI is InChI=1S/C12H18N2O2/c1-13-7-11(8-14-2)10(6-12(15)16)5-9-3-4-9/h7-10H,1,3-6H2,2H3,(H,15,16)/b11-7+,14-8?/t10-/m1/s1. The van der Waals surface area contributed by atoms with Gasteiger partial charge in [0.15, 0.2) is 0 Å². The number of hydrogen-bond donors (Lipinski definition) is 1. The number of carboxylic acids is 1. The third-order valence-electron chi connectivity index (χ3n) is 2.73. The highest BCUT2D eigenvalue weighted by Gasteiger charge is 2.28. The first kappa shape index (κ1) is 12.6. The Labute approximate surface area is 95.8 Å². The summed E-state index contributed by atoms with van der Waals surface area (Å²) in [5, 5.41) is 8.88. The van der Waals surface area contributed by atoms with Crippen molar-refractivity contribution in [2.45, 2.75) is 25.7 Å². The van der Waals surface area contributed by atoms with Gasteiger partial charge in [0.05, 0.1) is 6.42 Å². The van der Waals surface area contributed by atoms with Gasteiger partial charge in [-0.2, -0.15) is 0 Å². The number of aliphatic carboxylic acids is 1. The number of hydrogen-bond acceptors (Lipinski definition) is 3. The van der Waals surface area contributed by atoms with Crippen molar-refractivity contribution in [2.75, 3.05) is 7.05 Å². The summed E-state index contributed by atoms with van der Waals surface area (Å²) < 4.78 is 0. The lowest BCUT2D eigenvalue weighted by molar-refractivity contribution is -0.137. The van der Waals surface area contributed by atoms with Gasteiger partial charge >= 0.3 is 5.97 Å². The van der Waals surface area contributed by atoms with Crippen LogP contribution in [0.1, 0.15) is 25.7 Å². The monoisotopic (exact) mass is 222 g/mol. The second-order valence-electron chi connectivity index (χ2n) is 4.17. The summed E-state index contributed by atoms with van der Waals surface area (Å²) in [6.07, 6.45) is 6.79. The maximum absolute atomic E-state index is 10.8. The van der Waals surface area contributed by atoms with Crippen LogP contribution in [0.3, 0.4) is 0 Å². The number of carbonyl (C=O) groups is 1. The number of aliphatic imine (C=N–C) groups is 2. The van der Waals surface area contributed by atoms with Crippen molar-refractivity contribution in [2.24, 2.45) is 21.8 Å². The molecule has 0 spiro atoms. The molecule has 0 unspecified atom stereocenters. The lowest BCUT2D eigenvalue weighted by Gasteiger charge is -2.14. The molecule has 1 N–H and O–H groups in total. The van der Waals surface area contributed by atoms with E-state index in [9.17, 15) is 4.79 Å². The molecule has 0 amide bonds. The fourth-order valence-electron chi connectivity index (χ4n) is 1.80. The molecule has 0 aromatic heterocycles. The number of nitrogens with zero attached hydrogens (tertiary/aromatic N) is 2. The maximum Gasteiger partial charge on any atom is 0.303 e. The summed E-state index contributed by atoms with van der Waals surface area (Å²) in [6.45, 7) is 3.40. The van der Waals surface area contributed by atoms with Crippen molar-refractivity contribution >= 4 is 18.9 Å². The van der Waals surface area contributed by atoms with E-state index in [1.807, 2.05) is 0 Å². The van der Waals surface area contributed by atoms with Crippen LogP contribution >= 0.6 is 0 Å². The van der Waals surface area contributed by atoms with Crippen LogP contribution in [0.4, 0.5) is 0 Å². The van der Waals surface area contributed by atoms with E-state index < -0.39 is 5.97 Å². The molecule has 0 bridgehead atoms. The second kappa shape index (κ2) is 6.20. The van der Waals surface area contributed by atoms with Crippen molar-refractivity contribution < 1.29 is 9.90 Å². The minimum atomic E-state index is -0.773. The quantitative estimate of drug-likeness (QED) is 0.671. The van der Waals surface area contributed by atoms with Gasteiger partial charge in [-0.15, -0.1) is 0 Å². The van der Waals surface area contributed by atoms with E-state index in [1.54, 1.807) is 19.5 Å². The Kier molecular flexibility index (Phi) is 4.89. The van der Waals surface area contributed by atoms with Crippen molar-refractivity contribution in [1.82, 2.24) is 0 Å². The van der Waals surface area contributed by atoms with Crippen LogP contribution < -0.4 is 0 Å². The third-order valence-corrected chi connectivity index (χ3v) is 2.73. The topological polar surface area (TPSA) is 62.0 Å². The van der Waals surface area contributed by atoms with Crippen LogP contribution in [0.25, 0.3) is 0 Å².